The van der Waals surface area contributed by atoms with Crippen molar-refractivity contribution in [2.45, 2.75) is 20.8 Å². The second kappa shape index (κ2) is 11.5. The molecule has 0 bridgehead atoms. The molecule has 0 aromatic carbocycles. The second-order valence-electron chi connectivity index (χ2n) is 5.21. The summed E-state index contributed by atoms with van der Waals surface area (Å²) in [5.74, 6) is 0.204. The Morgan fingerprint density at radius 2 is 1.85 bits per heavy atom. The quantitative estimate of drug-likeness (QED) is 0.394. The summed E-state index contributed by atoms with van der Waals surface area (Å²) in [6, 6.07) is 4.10. The van der Waals surface area contributed by atoms with E-state index in [4.69, 9.17) is 27.9 Å². The molecule has 2 aromatic heterocycles. The van der Waals surface area contributed by atoms with E-state index in [2.05, 4.69) is 41.0 Å². The SMILES string of the molecule is CCN(CC)CC.COc1ncc(Cl)cc1Nc1nc(Cl)ccc1[N+](=O)[O-]. The van der Waals surface area contributed by atoms with Crippen LogP contribution >= 0.6 is 23.2 Å². The number of nitrogens with zero attached hydrogens (tertiary/aromatic N) is 4. The van der Waals surface area contributed by atoms with Crippen molar-refractivity contribution in [3.8, 4) is 5.88 Å². The Morgan fingerprint density at radius 1 is 1.22 bits per heavy atom. The number of anilines is 2. The Balaban J connectivity index is 0.000000445. The number of aromatic nitrogens is 2. The second-order valence-corrected chi connectivity index (χ2v) is 6.04. The fourth-order valence-corrected chi connectivity index (χ4v) is 2.45. The summed E-state index contributed by atoms with van der Waals surface area (Å²) in [5, 5.41) is 14.2. The van der Waals surface area contributed by atoms with Crippen molar-refractivity contribution in [2.75, 3.05) is 32.1 Å². The summed E-state index contributed by atoms with van der Waals surface area (Å²) in [5.41, 5.74) is 0.120. The van der Waals surface area contributed by atoms with Gasteiger partial charge in [0.15, 0.2) is 0 Å². The molecule has 2 aromatic rings. The van der Waals surface area contributed by atoms with Crippen molar-refractivity contribution < 1.29 is 9.66 Å². The number of rotatable bonds is 7. The van der Waals surface area contributed by atoms with Crippen molar-refractivity contribution in [2.24, 2.45) is 0 Å². The minimum absolute atomic E-state index is 0.0233. The standard InChI is InChI=1S/C11H8Cl2N4O3.C6H15N/c1-20-11-7(4-6(12)5-14-11)15-10-8(17(18)19)2-3-9(13)16-10;1-4-7(5-2)6-3/h2-5H,1H3,(H,15,16);4-6H2,1-3H3. The molecule has 1 N–H and O–H groups in total. The largest absolute Gasteiger partial charge is 0.480 e. The van der Waals surface area contributed by atoms with Gasteiger partial charge in [-0.3, -0.25) is 10.1 Å². The summed E-state index contributed by atoms with van der Waals surface area (Å²) in [7, 11) is 1.42. The maximum atomic E-state index is 11.0. The van der Waals surface area contributed by atoms with Gasteiger partial charge in [0.2, 0.25) is 11.7 Å². The molecule has 0 saturated carbocycles. The van der Waals surface area contributed by atoms with Gasteiger partial charge in [0, 0.05) is 12.3 Å². The molecule has 0 unspecified atom stereocenters. The summed E-state index contributed by atoms with van der Waals surface area (Å²) in [6.07, 6.45) is 1.39. The third kappa shape index (κ3) is 7.16. The van der Waals surface area contributed by atoms with E-state index < -0.39 is 4.92 Å². The smallest absolute Gasteiger partial charge is 0.311 e. The van der Waals surface area contributed by atoms with Crippen LogP contribution in [0.5, 0.6) is 5.88 Å². The average Bonchev–Trinajstić information content (AvgIpc) is 2.64. The molecule has 0 fully saturated rings. The molecular formula is C17H23Cl2N5O3. The van der Waals surface area contributed by atoms with Gasteiger partial charge in [-0.05, 0) is 31.8 Å². The van der Waals surface area contributed by atoms with Gasteiger partial charge in [0.1, 0.15) is 10.8 Å². The van der Waals surface area contributed by atoms with Crippen LogP contribution in [-0.4, -0.2) is 46.5 Å². The van der Waals surface area contributed by atoms with E-state index in [1.165, 1.54) is 51.1 Å². The van der Waals surface area contributed by atoms with Gasteiger partial charge in [-0.1, -0.05) is 44.0 Å². The first-order valence-corrected chi connectivity index (χ1v) is 9.11. The lowest BCUT2D eigenvalue weighted by Crippen LogP contribution is -2.21. The molecule has 27 heavy (non-hydrogen) atoms. The molecule has 0 spiro atoms. The lowest BCUT2D eigenvalue weighted by molar-refractivity contribution is -0.384. The minimum Gasteiger partial charge on any atom is -0.480 e. The lowest BCUT2D eigenvalue weighted by Gasteiger charge is -2.13. The van der Waals surface area contributed by atoms with Crippen molar-refractivity contribution >= 4 is 40.4 Å². The predicted octanol–water partition coefficient (Wildman–Crippen LogP) is 4.79. The molecule has 2 heterocycles. The van der Waals surface area contributed by atoms with Gasteiger partial charge < -0.3 is 15.0 Å². The van der Waals surface area contributed by atoms with E-state index in [0.29, 0.717) is 10.7 Å². The Hall–Kier alpha value is -2.16. The summed E-state index contributed by atoms with van der Waals surface area (Å²) < 4.78 is 5.04. The van der Waals surface area contributed by atoms with Gasteiger partial charge in [-0.25, -0.2) is 9.97 Å². The highest BCUT2D eigenvalue weighted by Gasteiger charge is 2.18. The lowest BCUT2D eigenvalue weighted by atomic mass is 10.3. The number of nitrogens with one attached hydrogen (secondary N) is 1. The van der Waals surface area contributed by atoms with E-state index in [0.717, 1.165) is 0 Å². The van der Waals surface area contributed by atoms with Gasteiger partial charge in [-0.15, -0.1) is 0 Å². The molecule has 0 aliphatic rings. The molecule has 2 rings (SSSR count). The van der Waals surface area contributed by atoms with E-state index >= 15 is 0 Å². The highest BCUT2D eigenvalue weighted by atomic mass is 35.5. The van der Waals surface area contributed by atoms with Crippen LogP contribution in [-0.2, 0) is 0 Å². The number of halogens is 2. The number of nitro groups is 1. The van der Waals surface area contributed by atoms with E-state index in [-0.39, 0.29) is 22.5 Å². The van der Waals surface area contributed by atoms with Crippen LogP contribution in [0.4, 0.5) is 17.2 Å². The maximum Gasteiger partial charge on any atom is 0.311 e. The first kappa shape index (κ1) is 22.9. The van der Waals surface area contributed by atoms with Crippen LogP contribution in [0.25, 0.3) is 0 Å². The zero-order valence-electron chi connectivity index (χ0n) is 15.7. The van der Waals surface area contributed by atoms with Crippen molar-refractivity contribution in [1.29, 1.82) is 0 Å². The van der Waals surface area contributed by atoms with Crippen LogP contribution in [0, 0.1) is 10.1 Å². The molecule has 0 amide bonds. The third-order valence-electron chi connectivity index (χ3n) is 3.64. The van der Waals surface area contributed by atoms with E-state index in [1.807, 2.05) is 0 Å². The number of hydrogen-bond acceptors (Lipinski definition) is 7. The molecule has 8 nitrogen and oxygen atoms in total. The predicted molar refractivity (Wildman–Crippen MR) is 108 cm³/mol. The minimum atomic E-state index is -0.573. The zero-order chi connectivity index (χ0) is 20.4. The Labute approximate surface area is 168 Å². The Kier molecular flexibility index (Phi) is 9.77. The third-order valence-corrected chi connectivity index (χ3v) is 4.06. The first-order valence-electron chi connectivity index (χ1n) is 8.35. The van der Waals surface area contributed by atoms with Crippen LogP contribution in [0.3, 0.4) is 0 Å². The number of pyridine rings is 2. The number of hydrogen-bond donors (Lipinski definition) is 1. The molecule has 0 aliphatic heterocycles. The monoisotopic (exact) mass is 415 g/mol. The molecule has 148 valence electrons. The Bertz CT molecular complexity index is 752. The van der Waals surface area contributed by atoms with Gasteiger partial charge in [0.05, 0.1) is 17.1 Å². The fourth-order valence-electron chi connectivity index (χ4n) is 2.14. The molecule has 10 heteroatoms. The summed E-state index contributed by atoms with van der Waals surface area (Å²) >= 11 is 11.6. The van der Waals surface area contributed by atoms with Crippen molar-refractivity contribution in [1.82, 2.24) is 14.9 Å². The number of methoxy groups -OCH3 is 1. The first-order chi connectivity index (χ1) is 12.9. The average molecular weight is 416 g/mol. The number of ether oxygens (including phenoxy) is 1. The van der Waals surface area contributed by atoms with Crippen LogP contribution in [0.1, 0.15) is 20.8 Å². The highest BCUT2D eigenvalue weighted by molar-refractivity contribution is 6.30. The molecule has 0 aliphatic carbocycles. The molecule has 0 radical (unpaired) electrons. The van der Waals surface area contributed by atoms with E-state index in [9.17, 15) is 10.1 Å². The fraction of sp³-hybridized carbons (Fsp3) is 0.412. The van der Waals surface area contributed by atoms with Gasteiger partial charge in [0.25, 0.3) is 0 Å². The van der Waals surface area contributed by atoms with Crippen LogP contribution < -0.4 is 10.1 Å². The maximum absolute atomic E-state index is 11.0. The van der Waals surface area contributed by atoms with Crippen molar-refractivity contribution in [3.05, 3.63) is 44.7 Å². The van der Waals surface area contributed by atoms with Crippen molar-refractivity contribution in [3.63, 3.8) is 0 Å². The molecular weight excluding hydrogens is 393 g/mol. The highest BCUT2D eigenvalue weighted by Crippen LogP contribution is 2.32. The van der Waals surface area contributed by atoms with E-state index in [1.54, 1.807) is 0 Å². The topological polar surface area (TPSA) is 93.4 Å². The molecule has 0 atom stereocenters. The summed E-state index contributed by atoms with van der Waals surface area (Å²) in [4.78, 5) is 20.6. The van der Waals surface area contributed by atoms with Crippen LogP contribution in [0.15, 0.2) is 24.4 Å². The molecule has 0 saturated heterocycles. The summed E-state index contributed by atoms with van der Waals surface area (Å²) in [6.45, 7) is 10.1. The van der Waals surface area contributed by atoms with Crippen LogP contribution in [0.2, 0.25) is 10.2 Å². The van der Waals surface area contributed by atoms with Gasteiger partial charge in [-0.2, -0.15) is 0 Å². The normalized spacial score (nSPS) is 10.2. The van der Waals surface area contributed by atoms with Gasteiger partial charge >= 0.3 is 5.69 Å². The zero-order valence-corrected chi connectivity index (χ0v) is 17.2. The Morgan fingerprint density at radius 3 is 2.33 bits per heavy atom.